The molecular formula is C18H24ClF3N2O2S. The molecule has 1 heterocycles. The van der Waals surface area contributed by atoms with Crippen LogP contribution in [0.4, 0.5) is 13.2 Å². The van der Waals surface area contributed by atoms with Crippen molar-refractivity contribution in [1.29, 1.82) is 0 Å². The van der Waals surface area contributed by atoms with Crippen LogP contribution in [0.1, 0.15) is 32.3 Å². The molecule has 2 fully saturated rings. The van der Waals surface area contributed by atoms with E-state index in [-0.39, 0.29) is 15.8 Å². The van der Waals surface area contributed by atoms with Gasteiger partial charge in [-0.25, -0.2) is 8.42 Å². The molecule has 1 aliphatic carbocycles. The molecule has 0 spiro atoms. The second-order valence-electron chi connectivity index (χ2n) is 7.25. The number of sulfonamides is 1. The lowest BCUT2D eigenvalue weighted by Crippen LogP contribution is -2.40. The van der Waals surface area contributed by atoms with Crippen molar-refractivity contribution in [3.05, 3.63) is 28.8 Å². The summed E-state index contributed by atoms with van der Waals surface area (Å²) in [5.74, 6) is 0.548. The average Bonchev–Trinajstić information content (AvgIpc) is 3.17. The predicted molar refractivity (Wildman–Crippen MR) is 98.1 cm³/mol. The summed E-state index contributed by atoms with van der Waals surface area (Å²) in [4.78, 5) is 2.11. The summed E-state index contributed by atoms with van der Waals surface area (Å²) >= 11 is 5.93. The molecule has 3 atom stereocenters. The smallest absolute Gasteiger partial charge is 0.301 e. The lowest BCUT2D eigenvalue weighted by Gasteiger charge is -2.31. The van der Waals surface area contributed by atoms with E-state index in [1.807, 2.05) is 0 Å². The SMILES string of the molecule is CCN(CC)[C@H]1CC[C@@H]2CN(S(=O)(=O)c3ccc(C(F)(F)F)cc3Cl)C[C@@H]21. The van der Waals surface area contributed by atoms with Crippen LogP contribution in [-0.4, -0.2) is 49.8 Å². The molecule has 0 aromatic heterocycles. The number of hydrogen-bond donors (Lipinski definition) is 0. The van der Waals surface area contributed by atoms with Gasteiger partial charge in [-0.2, -0.15) is 17.5 Å². The van der Waals surface area contributed by atoms with Crippen molar-refractivity contribution in [3.8, 4) is 0 Å². The van der Waals surface area contributed by atoms with Crippen LogP contribution in [0, 0.1) is 11.8 Å². The summed E-state index contributed by atoms with van der Waals surface area (Å²) in [6, 6.07) is 2.78. The molecule has 1 aliphatic heterocycles. The van der Waals surface area contributed by atoms with Crippen LogP contribution in [0.3, 0.4) is 0 Å². The highest BCUT2D eigenvalue weighted by Crippen LogP contribution is 2.43. The molecule has 152 valence electrons. The van der Waals surface area contributed by atoms with Gasteiger partial charge in [0, 0.05) is 19.1 Å². The number of nitrogens with zero attached hydrogens (tertiary/aromatic N) is 2. The Labute approximate surface area is 163 Å². The van der Waals surface area contributed by atoms with Gasteiger partial charge in [0.15, 0.2) is 0 Å². The van der Waals surface area contributed by atoms with Gasteiger partial charge in [-0.05, 0) is 56.0 Å². The third-order valence-corrected chi connectivity index (χ3v) is 8.26. The number of alkyl halides is 3. The van der Waals surface area contributed by atoms with E-state index in [0.29, 0.717) is 31.1 Å². The molecule has 0 N–H and O–H groups in total. The minimum Gasteiger partial charge on any atom is -0.301 e. The van der Waals surface area contributed by atoms with Crippen LogP contribution in [0.25, 0.3) is 0 Å². The van der Waals surface area contributed by atoms with Gasteiger partial charge < -0.3 is 4.90 Å². The second kappa shape index (κ2) is 7.54. The van der Waals surface area contributed by atoms with Crippen molar-refractivity contribution >= 4 is 21.6 Å². The number of fused-ring (bicyclic) bond motifs is 1. The Morgan fingerprint density at radius 3 is 2.41 bits per heavy atom. The highest BCUT2D eigenvalue weighted by molar-refractivity contribution is 7.89. The number of hydrogen-bond acceptors (Lipinski definition) is 3. The Bertz CT molecular complexity index is 796. The fourth-order valence-electron chi connectivity index (χ4n) is 4.56. The van der Waals surface area contributed by atoms with Crippen molar-refractivity contribution < 1.29 is 21.6 Å². The third kappa shape index (κ3) is 3.86. The Morgan fingerprint density at radius 2 is 1.85 bits per heavy atom. The summed E-state index contributed by atoms with van der Waals surface area (Å²) in [6.45, 7) is 6.84. The van der Waals surface area contributed by atoms with E-state index < -0.39 is 21.8 Å². The standard InChI is InChI=1S/C18H24ClF3N2O2S/c1-3-23(4-2)16-7-5-12-10-24(11-14(12)16)27(25,26)17-8-6-13(9-15(17)19)18(20,21)22/h6,8-9,12,14,16H,3-5,7,10-11H2,1-2H3/t12-,14+,16+/m1/s1. The molecule has 4 nitrogen and oxygen atoms in total. The topological polar surface area (TPSA) is 40.6 Å². The molecule has 0 unspecified atom stereocenters. The van der Waals surface area contributed by atoms with Gasteiger partial charge in [0.1, 0.15) is 4.90 Å². The zero-order valence-corrected chi connectivity index (χ0v) is 16.9. The maximum Gasteiger partial charge on any atom is 0.416 e. The number of rotatable bonds is 5. The molecule has 1 aromatic carbocycles. The van der Waals surface area contributed by atoms with Crippen molar-refractivity contribution in [2.24, 2.45) is 11.8 Å². The summed E-state index contributed by atoms with van der Waals surface area (Å²) in [5, 5.41) is -0.387. The van der Waals surface area contributed by atoms with Crippen LogP contribution in [0.5, 0.6) is 0 Å². The lowest BCUT2D eigenvalue weighted by atomic mass is 9.97. The van der Waals surface area contributed by atoms with E-state index in [0.717, 1.165) is 38.1 Å². The molecule has 27 heavy (non-hydrogen) atoms. The number of benzene rings is 1. The van der Waals surface area contributed by atoms with Gasteiger partial charge in [0.2, 0.25) is 10.0 Å². The molecule has 1 saturated heterocycles. The first-order chi connectivity index (χ1) is 12.6. The average molecular weight is 425 g/mol. The molecule has 1 saturated carbocycles. The molecular weight excluding hydrogens is 401 g/mol. The Hall–Kier alpha value is -0.830. The summed E-state index contributed by atoms with van der Waals surface area (Å²) in [7, 11) is -3.92. The maximum atomic E-state index is 13.0. The third-order valence-electron chi connectivity index (χ3n) is 5.94. The summed E-state index contributed by atoms with van der Waals surface area (Å²) in [6.07, 6.45) is -2.53. The van der Waals surface area contributed by atoms with E-state index in [1.165, 1.54) is 4.31 Å². The van der Waals surface area contributed by atoms with E-state index in [1.54, 1.807) is 0 Å². The van der Waals surface area contributed by atoms with Gasteiger partial charge in [0.25, 0.3) is 0 Å². The van der Waals surface area contributed by atoms with Gasteiger partial charge in [-0.15, -0.1) is 0 Å². The molecule has 2 aliphatic rings. The van der Waals surface area contributed by atoms with E-state index in [2.05, 4.69) is 18.7 Å². The first kappa shape index (κ1) is 20.9. The fourth-order valence-corrected chi connectivity index (χ4v) is 6.62. The fraction of sp³-hybridized carbons (Fsp3) is 0.667. The van der Waals surface area contributed by atoms with E-state index in [9.17, 15) is 21.6 Å². The van der Waals surface area contributed by atoms with Gasteiger partial charge in [-0.3, -0.25) is 0 Å². The van der Waals surface area contributed by atoms with Crippen molar-refractivity contribution in [2.45, 2.75) is 43.8 Å². The van der Waals surface area contributed by atoms with Crippen molar-refractivity contribution in [2.75, 3.05) is 26.2 Å². The van der Waals surface area contributed by atoms with Crippen LogP contribution in [0.2, 0.25) is 5.02 Å². The Balaban J connectivity index is 1.83. The van der Waals surface area contributed by atoms with Crippen molar-refractivity contribution in [1.82, 2.24) is 9.21 Å². The molecule has 0 amide bonds. The normalized spacial score (nSPS) is 26.7. The van der Waals surface area contributed by atoms with Crippen molar-refractivity contribution in [3.63, 3.8) is 0 Å². The monoisotopic (exact) mass is 424 g/mol. The van der Waals surface area contributed by atoms with Crippen LogP contribution >= 0.6 is 11.6 Å². The van der Waals surface area contributed by atoms with Gasteiger partial charge in [-0.1, -0.05) is 25.4 Å². The quantitative estimate of drug-likeness (QED) is 0.714. The van der Waals surface area contributed by atoms with Crippen LogP contribution < -0.4 is 0 Å². The number of halogens is 4. The predicted octanol–water partition coefficient (Wildman–Crippen LogP) is 4.10. The maximum absolute atomic E-state index is 13.0. The van der Waals surface area contributed by atoms with Gasteiger partial charge in [0.05, 0.1) is 10.6 Å². The van der Waals surface area contributed by atoms with Crippen LogP contribution in [-0.2, 0) is 16.2 Å². The Morgan fingerprint density at radius 1 is 1.19 bits per heavy atom. The minimum absolute atomic E-state index is 0.253. The highest BCUT2D eigenvalue weighted by atomic mass is 35.5. The van der Waals surface area contributed by atoms with E-state index >= 15 is 0 Å². The first-order valence-electron chi connectivity index (χ1n) is 9.20. The van der Waals surface area contributed by atoms with E-state index in [4.69, 9.17) is 11.6 Å². The lowest BCUT2D eigenvalue weighted by molar-refractivity contribution is -0.137. The molecule has 0 radical (unpaired) electrons. The zero-order valence-electron chi connectivity index (χ0n) is 15.3. The Kier molecular flexibility index (Phi) is 5.83. The highest BCUT2D eigenvalue weighted by Gasteiger charge is 2.48. The van der Waals surface area contributed by atoms with Gasteiger partial charge >= 0.3 is 6.18 Å². The molecule has 9 heteroatoms. The zero-order chi connectivity index (χ0) is 20.0. The largest absolute Gasteiger partial charge is 0.416 e. The second-order valence-corrected chi connectivity index (χ2v) is 9.57. The van der Waals surface area contributed by atoms with Crippen LogP contribution in [0.15, 0.2) is 23.1 Å². The first-order valence-corrected chi connectivity index (χ1v) is 11.0. The minimum atomic E-state index is -4.56. The summed E-state index contributed by atoms with van der Waals surface area (Å²) < 4.78 is 65.9. The molecule has 0 bridgehead atoms. The molecule has 3 rings (SSSR count). The molecule has 1 aromatic rings. The summed E-state index contributed by atoms with van der Waals surface area (Å²) in [5.41, 5.74) is -0.952.